The van der Waals surface area contributed by atoms with Crippen LogP contribution < -0.4 is 5.73 Å². The van der Waals surface area contributed by atoms with Gasteiger partial charge in [0.05, 0.1) is 35.8 Å². The smallest absolute Gasteiger partial charge is 0.338 e. The normalized spacial score (nSPS) is 22.1. The summed E-state index contributed by atoms with van der Waals surface area (Å²) in [6, 6.07) is 7.57. The molecule has 3 heterocycles. The van der Waals surface area contributed by atoms with E-state index in [1.54, 1.807) is 4.90 Å². The number of aliphatic imine (C=N–C) groups is 1. The molecule has 35 heavy (non-hydrogen) atoms. The topological polar surface area (TPSA) is 105 Å². The lowest BCUT2D eigenvalue weighted by molar-refractivity contribution is -0.143. The number of hydrogen-bond acceptors (Lipinski definition) is 7. The van der Waals surface area contributed by atoms with Gasteiger partial charge in [0.15, 0.2) is 5.17 Å². The number of rotatable bonds is 6. The first-order valence-electron chi connectivity index (χ1n) is 11.9. The standard InChI is InChI=1S/C26H32N4O4S/c1-15(2)34-25(33)22-17(4)28-26-30(23(22)18-9-7-16(3)8-10-18)20(14-35-26)12-21(31)29-11-5-6-19(13-29)24(27)32/h7-10,14-15,19,23H,5-6,11-13H2,1-4H3,(H2,27,32). The van der Waals surface area contributed by atoms with Gasteiger partial charge in [0.1, 0.15) is 0 Å². The molecule has 8 nitrogen and oxygen atoms in total. The molecule has 0 spiro atoms. The van der Waals surface area contributed by atoms with Crippen LogP contribution in [0.5, 0.6) is 0 Å². The van der Waals surface area contributed by atoms with E-state index in [-0.39, 0.29) is 30.3 Å². The average Bonchev–Trinajstić information content (AvgIpc) is 3.20. The van der Waals surface area contributed by atoms with Crippen molar-refractivity contribution in [1.82, 2.24) is 9.80 Å². The zero-order valence-electron chi connectivity index (χ0n) is 20.6. The van der Waals surface area contributed by atoms with E-state index >= 15 is 0 Å². The van der Waals surface area contributed by atoms with E-state index in [1.165, 1.54) is 11.8 Å². The Labute approximate surface area is 210 Å². The van der Waals surface area contributed by atoms with Crippen molar-refractivity contribution in [2.45, 2.75) is 59.1 Å². The quantitative estimate of drug-likeness (QED) is 0.603. The number of piperidine rings is 1. The van der Waals surface area contributed by atoms with Gasteiger partial charge in [0.25, 0.3) is 0 Å². The molecular weight excluding hydrogens is 464 g/mol. The summed E-state index contributed by atoms with van der Waals surface area (Å²) in [6.07, 6.45) is 1.34. The molecule has 0 aliphatic carbocycles. The minimum atomic E-state index is -0.455. The Hall–Kier alpha value is -3.07. The van der Waals surface area contributed by atoms with Crippen LogP contribution in [0.25, 0.3) is 0 Å². The van der Waals surface area contributed by atoms with Crippen LogP contribution in [0.15, 0.2) is 51.6 Å². The first-order chi connectivity index (χ1) is 16.7. The summed E-state index contributed by atoms with van der Waals surface area (Å²) in [5.74, 6) is -1.15. The minimum absolute atomic E-state index is 0.0655. The van der Waals surface area contributed by atoms with Crippen molar-refractivity contribution in [1.29, 1.82) is 0 Å². The van der Waals surface area contributed by atoms with Gasteiger partial charge < -0.3 is 20.3 Å². The van der Waals surface area contributed by atoms with E-state index in [1.807, 2.05) is 62.3 Å². The van der Waals surface area contributed by atoms with Crippen LogP contribution in [0.1, 0.15) is 57.2 Å². The van der Waals surface area contributed by atoms with E-state index in [9.17, 15) is 14.4 Å². The third-order valence-corrected chi connectivity index (χ3v) is 7.35. The van der Waals surface area contributed by atoms with Gasteiger partial charge in [-0.3, -0.25) is 9.59 Å². The Morgan fingerprint density at radius 2 is 1.91 bits per heavy atom. The van der Waals surface area contributed by atoms with Gasteiger partial charge in [0, 0.05) is 18.8 Å². The molecule has 3 aliphatic heterocycles. The SMILES string of the molecule is CC1=C(C(=O)OC(C)C)C(c2ccc(C)cc2)N2C(CC(=O)N3CCCC(C(N)=O)C3)=CSC2=N1. The molecule has 0 radical (unpaired) electrons. The van der Waals surface area contributed by atoms with Crippen molar-refractivity contribution in [3.63, 3.8) is 0 Å². The largest absolute Gasteiger partial charge is 0.459 e. The zero-order chi connectivity index (χ0) is 25.3. The van der Waals surface area contributed by atoms with E-state index in [2.05, 4.69) is 0 Å². The fourth-order valence-electron chi connectivity index (χ4n) is 4.68. The van der Waals surface area contributed by atoms with Crippen molar-refractivity contribution >= 4 is 34.7 Å². The van der Waals surface area contributed by atoms with E-state index in [0.717, 1.165) is 28.4 Å². The highest BCUT2D eigenvalue weighted by atomic mass is 32.2. The van der Waals surface area contributed by atoms with Crippen molar-refractivity contribution in [2.24, 2.45) is 16.6 Å². The first-order valence-corrected chi connectivity index (χ1v) is 12.8. The molecule has 0 saturated carbocycles. The number of nitrogens with two attached hydrogens (primary N) is 1. The van der Waals surface area contributed by atoms with Gasteiger partial charge in [-0.15, -0.1) is 0 Å². The number of thioether (sulfide) groups is 1. The molecule has 2 N–H and O–H groups in total. The minimum Gasteiger partial charge on any atom is -0.459 e. The van der Waals surface area contributed by atoms with Gasteiger partial charge >= 0.3 is 5.97 Å². The predicted octanol–water partition coefficient (Wildman–Crippen LogP) is 3.64. The highest BCUT2D eigenvalue weighted by molar-refractivity contribution is 8.16. The van der Waals surface area contributed by atoms with E-state index < -0.39 is 12.0 Å². The molecule has 0 aromatic heterocycles. The summed E-state index contributed by atoms with van der Waals surface area (Å²) in [7, 11) is 0. The number of amidine groups is 1. The lowest BCUT2D eigenvalue weighted by Crippen LogP contribution is -2.45. The molecule has 1 fully saturated rings. The Morgan fingerprint density at radius 1 is 1.20 bits per heavy atom. The van der Waals surface area contributed by atoms with Crippen LogP contribution in [-0.4, -0.2) is 51.9 Å². The number of esters is 1. The molecule has 2 atom stereocenters. The number of carbonyl (C=O) groups is 3. The Kier molecular flexibility index (Phi) is 7.35. The molecular formula is C26H32N4O4S. The number of primary amides is 1. The van der Waals surface area contributed by atoms with Crippen molar-refractivity contribution in [3.8, 4) is 0 Å². The Bertz CT molecular complexity index is 1120. The number of amides is 2. The van der Waals surface area contributed by atoms with Crippen molar-refractivity contribution < 1.29 is 19.1 Å². The summed E-state index contributed by atoms with van der Waals surface area (Å²) in [6.45, 7) is 8.43. The summed E-state index contributed by atoms with van der Waals surface area (Å²) in [5, 5.41) is 2.66. The second kappa shape index (κ2) is 10.3. The molecule has 2 amide bonds. The van der Waals surface area contributed by atoms with Gasteiger partial charge in [0.2, 0.25) is 11.8 Å². The second-order valence-electron chi connectivity index (χ2n) is 9.52. The summed E-state index contributed by atoms with van der Waals surface area (Å²) in [5.41, 5.74) is 9.39. The number of fused-ring (bicyclic) bond motifs is 1. The van der Waals surface area contributed by atoms with Gasteiger partial charge in [-0.05, 0) is 51.5 Å². The fraction of sp³-hybridized carbons (Fsp3) is 0.462. The maximum atomic E-state index is 13.3. The lowest BCUT2D eigenvalue weighted by atomic mass is 9.93. The highest BCUT2D eigenvalue weighted by Crippen LogP contribution is 2.45. The molecule has 4 rings (SSSR count). The number of aryl methyl sites for hydroxylation is 1. The van der Waals surface area contributed by atoms with E-state index in [4.69, 9.17) is 15.5 Å². The maximum Gasteiger partial charge on any atom is 0.338 e. The maximum absolute atomic E-state index is 13.3. The zero-order valence-corrected chi connectivity index (χ0v) is 21.4. The number of carbonyl (C=O) groups excluding carboxylic acids is 3. The van der Waals surface area contributed by atoms with Crippen LogP contribution in [0.4, 0.5) is 0 Å². The number of hydrogen-bond donors (Lipinski definition) is 1. The fourth-order valence-corrected chi connectivity index (χ4v) is 5.64. The van der Waals surface area contributed by atoms with Crippen molar-refractivity contribution in [2.75, 3.05) is 13.1 Å². The van der Waals surface area contributed by atoms with Crippen molar-refractivity contribution in [3.05, 3.63) is 57.8 Å². The van der Waals surface area contributed by atoms with Crippen LogP contribution in [0.3, 0.4) is 0 Å². The van der Waals surface area contributed by atoms with Crippen LogP contribution in [0, 0.1) is 12.8 Å². The second-order valence-corrected chi connectivity index (χ2v) is 10.4. The van der Waals surface area contributed by atoms with E-state index in [0.29, 0.717) is 30.8 Å². The third kappa shape index (κ3) is 5.29. The van der Waals surface area contributed by atoms with Crippen LogP contribution in [0.2, 0.25) is 0 Å². The number of benzene rings is 1. The molecule has 1 saturated heterocycles. The van der Waals surface area contributed by atoms with Gasteiger partial charge in [-0.2, -0.15) is 0 Å². The third-order valence-electron chi connectivity index (χ3n) is 6.47. The molecule has 2 unspecified atom stereocenters. The molecule has 9 heteroatoms. The predicted molar refractivity (Wildman–Crippen MR) is 136 cm³/mol. The molecule has 186 valence electrons. The molecule has 1 aromatic carbocycles. The number of likely N-dealkylation sites (tertiary alicyclic amines) is 1. The monoisotopic (exact) mass is 496 g/mol. The summed E-state index contributed by atoms with van der Waals surface area (Å²) < 4.78 is 5.59. The highest BCUT2D eigenvalue weighted by Gasteiger charge is 2.41. The molecule has 3 aliphatic rings. The number of nitrogens with zero attached hydrogens (tertiary/aromatic N) is 3. The number of allylic oxidation sites excluding steroid dienone is 1. The van der Waals surface area contributed by atoms with Crippen LogP contribution in [-0.2, 0) is 19.1 Å². The average molecular weight is 497 g/mol. The lowest BCUT2D eigenvalue weighted by Gasteiger charge is -2.37. The Morgan fingerprint density at radius 3 is 2.57 bits per heavy atom. The molecule has 1 aromatic rings. The summed E-state index contributed by atoms with van der Waals surface area (Å²) >= 11 is 1.44. The van der Waals surface area contributed by atoms with Gasteiger partial charge in [-0.1, -0.05) is 41.6 Å². The summed E-state index contributed by atoms with van der Waals surface area (Å²) in [4.78, 5) is 46.6. The first kappa shape index (κ1) is 25.0. The molecule has 0 bridgehead atoms. The number of ether oxygens (including phenoxy) is 1. The van der Waals surface area contributed by atoms with Gasteiger partial charge in [-0.25, -0.2) is 9.79 Å². The Balaban J connectivity index is 1.65. The van der Waals surface area contributed by atoms with Crippen LogP contribution >= 0.6 is 11.8 Å².